The third kappa shape index (κ3) is 3.54. The largest absolute Gasteiger partial charge is 0.465 e. The highest BCUT2D eigenvalue weighted by Crippen LogP contribution is 2.10. The van der Waals surface area contributed by atoms with Gasteiger partial charge in [-0.1, -0.05) is 0 Å². The van der Waals surface area contributed by atoms with E-state index in [1.807, 2.05) is 0 Å². The van der Waals surface area contributed by atoms with E-state index in [9.17, 15) is 9.59 Å². The molecule has 1 rings (SSSR count). The summed E-state index contributed by atoms with van der Waals surface area (Å²) in [4.78, 5) is 22.5. The number of rotatable bonds is 4. The lowest BCUT2D eigenvalue weighted by Gasteiger charge is -2.09. The van der Waals surface area contributed by atoms with Crippen LogP contribution in [-0.2, 0) is 9.53 Å². The lowest BCUT2D eigenvalue weighted by atomic mass is 10.2. The van der Waals surface area contributed by atoms with Crippen molar-refractivity contribution in [2.45, 2.75) is 6.04 Å². The Labute approximate surface area is 98.4 Å². The molecule has 1 amide bonds. The van der Waals surface area contributed by atoms with E-state index in [1.165, 1.54) is 19.2 Å². The number of ether oxygens (including phenoxy) is 1. The second kappa shape index (κ2) is 5.97. The monoisotopic (exact) mass is 238 g/mol. The Morgan fingerprint density at radius 1 is 1.41 bits per heavy atom. The molecule has 4 N–H and O–H groups in total. The Morgan fingerprint density at radius 2 is 2.00 bits per heavy atom. The van der Waals surface area contributed by atoms with Crippen LogP contribution in [0.5, 0.6) is 0 Å². The number of nitrogens with two attached hydrogens (primary N) is 1. The van der Waals surface area contributed by atoms with Gasteiger partial charge in [0, 0.05) is 5.69 Å². The van der Waals surface area contributed by atoms with Gasteiger partial charge in [-0.15, -0.1) is 0 Å². The summed E-state index contributed by atoms with van der Waals surface area (Å²) in [7, 11) is 1.29. The predicted molar refractivity (Wildman–Crippen MR) is 61.5 cm³/mol. The van der Waals surface area contributed by atoms with Crippen LogP contribution in [0.25, 0.3) is 0 Å². The minimum absolute atomic E-state index is 0.386. The van der Waals surface area contributed by atoms with Gasteiger partial charge in [0.2, 0.25) is 5.91 Å². The quantitative estimate of drug-likeness (QED) is 0.627. The highest BCUT2D eigenvalue weighted by Gasteiger charge is 2.12. The molecule has 6 nitrogen and oxygen atoms in total. The Kier molecular flexibility index (Phi) is 4.62. The molecule has 0 spiro atoms. The van der Waals surface area contributed by atoms with Crippen molar-refractivity contribution in [3.63, 3.8) is 0 Å². The zero-order valence-electron chi connectivity index (χ0n) is 9.34. The predicted octanol–water partition coefficient (Wildman–Crippen LogP) is -0.269. The topological polar surface area (TPSA) is 102 Å². The van der Waals surface area contributed by atoms with Gasteiger partial charge < -0.3 is 20.9 Å². The lowest BCUT2D eigenvalue weighted by molar-refractivity contribution is -0.118. The molecule has 1 unspecified atom stereocenters. The van der Waals surface area contributed by atoms with Crippen LogP contribution >= 0.6 is 0 Å². The summed E-state index contributed by atoms with van der Waals surface area (Å²) in [6.07, 6.45) is 0. The molecule has 17 heavy (non-hydrogen) atoms. The van der Waals surface area contributed by atoms with Crippen LogP contribution in [-0.4, -0.2) is 36.7 Å². The number of aliphatic hydroxyl groups excluding tert-OH is 1. The number of esters is 1. The second-order valence-electron chi connectivity index (χ2n) is 3.35. The van der Waals surface area contributed by atoms with Gasteiger partial charge in [0.1, 0.15) is 6.04 Å². The zero-order valence-corrected chi connectivity index (χ0v) is 9.34. The Balaban J connectivity index is 2.69. The number of nitrogens with one attached hydrogen (secondary N) is 1. The highest BCUT2D eigenvalue weighted by atomic mass is 16.5. The maximum atomic E-state index is 11.3. The number of methoxy groups -OCH3 is 1. The van der Waals surface area contributed by atoms with Crippen molar-refractivity contribution in [1.29, 1.82) is 0 Å². The van der Waals surface area contributed by atoms with Crippen LogP contribution in [0.2, 0.25) is 0 Å². The van der Waals surface area contributed by atoms with Crippen molar-refractivity contribution in [2.75, 3.05) is 19.0 Å². The van der Waals surface area contributed by atoms with Crippen molar-refractivity contribution in [3.8, 4) is 0 Å². The summed E-state index contributed by atoms with van der Waals surface area (Å²) in [6, 6.07) is 5.18. The van der Waals surface area contributed by atoms with Crippen LogP contribution in [0.4, 0.5) is 5.69 Å². The molecule has 0 aliphatic carbocycles. The number of amides is 1. The van der Waals surface area contributed by atoms with Gasteiger partial charge in [0.05, 0.1) is 19.3 Å². The van der Waals surface area contributed by atoms with Gasteiger partial charge in [0.25, 0.3) is 0 Å². The van der Waals surface area contributed by atoms with E-state index in [-0.39, 0.29) is 0 Å². The van der Waals surface area contributed by atoms with Gasteiger partial charge in [-0.2, -0.15) is 0 Å². The molecule has 0 saturated heterocycles. The molecule has 6 heteroatoms. The molecule has 0 fully saturated rings. The van der Waals surface area contributed by atoms with E-state index >= 15 is 0 Å². The molecule has 0 radical (unpaired) electrons. The normalized spacial score (nSPS) is 11.7. The van der Waals surface area contributed by atoms with Crippen LogP contribution in [0.1, 0.15) is 10.4 Å². The number of hydrogen-bond donors (Lipinski definition) is 3. The SMILES string of the molecule is COC(=O)c1ccc(NC(=O)C(N)CO)cc1. The molecule has 1 aromatic rings. The molecular formula is C11H14N2O4. The minimum atomic E-state index is -0.963. The number of aliphatic hydroxyl groups is 1. The highest BCUT2D eigenvalue weighted by molar-refractivity contribution is 5.95. The van der Waals surface area contributed by atoms with Gasteiger partial charge >= 0.3 is 5.97 Å². The third-order valence-corrected chi connectivity index (χ3v) is 2.11. The first kappa shape index (κ1) is 13.1. The van der Waals surface area contributed by atoms with E-state index < -0.39 is 24.5 Å². The maximum Gasteiger partial charge on any atom is 0.337 e. The van der Waals surface area contributed by atoms with Crippen molar-refractivity contribution >= 4 is 17.6 Å². The Bertz CT molecular complexity index is 402. The van der Waals surface area contributed by atoms with E-state index in [0.717, 1.165) is 0 Å². The number of carbonyl (C=O) groups is 2. The molecule has 0 heterocycles. The number of anilines is 1. The average Bonchev–Trinajstić information content (AvgIpc) is 2.37. The molecular weight excluding hydrogens is 224 g/mol. The van der Waals surface area contributed by atoms with Crippen molar-refractivity contribution < 1.29 is 19.4 Å². The first-order valence-corrected chi connectivity index (χ1v) is 4.94. The Hall–Kier alpha value is -1.92. The van der Waals surface area contributed by atoms with Gasteiger partial charge in [0.15, 0.2) is 0 Å². The number of hydrogen-bond acceptors (Lipinski definition) is 5. The van der Waals surface area contributed by atoms with Gasteiger partial charge in [-0.05, 0) is 24.3 Å². The summed E-state index contributed by atoms with van der Waals surface area (Å²) in [5, 5.41) is 11.2. The number of carbonyl (C=O) groups excluding carboxylic acids is 2. The first-order chi connectivity index (χ1) is 8.08. The average molecular weight is 238 g/mol. The first-order valence-electron chi connectivity index (χ1n) is 4.94. The fourth-order valence-corrected chi connectivity index (χ4v) is 1.13. The fraction of sp³-hybridized carbons (Fsp3) is 0.273. The molecule has 0 aliphatic rings. The van der Waals surface area contributed by atoms with Crippen LogP contribution in [0, 0.1) is 0 Å². The lowest BCUT2D eigenvalue weighted by Crippen LogP contribution is -2.38. The molecule has 1 aromatic carbocycles. The van der Waals surface area contributed by atoms with Crippen LogP contribution in [0.15, 0.2) is 24.3 Å². The van der Waals surface area contributed by atoms with Crippen LogP contribution in [0.3, 0.4) is 0 Å². The van der Waals surface area contributed by atoms with Gasteiger partial charge in [-0.25, -0.2) is 4.79 Å². The Morgan fingerprint density at radius 3 is 2.47 bits per heavy atom. The second-order valence-corrected chi connectivity index (χ2v) is 3.35. The maximum absolute atomic E-state index is 11.3. The molecule has 92 valence electrons. The van der Waals surface area contributed by atoms with Crippen LogP contribution < -0.4 is 11.1 Å². The fourth-order valence-electron chi connectivity index (χ4n) is 1.13. The molecule has 0 saturated carbocycles. The van der Waals surface area contributed by atoms with Crippen molar-refractivity contribution in [3.05, 3.63) is 29.8 Å². The summed E-state index contributed by atoms with van der Waals surface area (Å²) in [5.41, 5.74) is 6.21. The molecule has 0 aliphatic heterocycles. The van der Waals surface area contributed by atoms with E-state index in [2.05, 4.69) is 10.1 Å². The molecule has 0 aromatic heterocycles. The van der Waals surface area contributed by atoms with E-state index in [0.29, 0.717) is 11.3 Å². The summed E-state index contributed by atoms with van der Waals surface area (Å²) in [6.45, 7) is -0.425. The smallest absolute Gasteiger partial charge is 0.337 e. The molecule has 1 atom stereocenters. The molecule has 0 bridgehead atoms. The van der Waals surface area contributed by atoms with Gasteiger partial charge in [-0.3, -0.25) is 4.79 Å². The summed E-state index contributed by atoms with van der Waals surface area (Å²) in [5.74, 6) is -0.937. The minimum Gasteiger partial charge on any atom is -0.465 e. The zero-order chi connectivity index (χ0) is 12.8. The van der Waals surface area contributed by atoms with Crippen molar-refractivity contribution in [2.24, 2.45) is 5.73 Å². The summed E-state index contributed by atoms with van der Waals surface area (Å²) >= 11 is 0. The third-order valence-electron chi connectivity index (χ3n) is 2.11. The summed E-state index contributed by atoms with van der Waals surface area (Å²) < 4.78 is 4.53. The van der Waals surface area contributed by atoms with Crippen molar-refractivity contribution in [1.82, 2.24) is 0 Å². The van der Waals surface area contributed by atoms with E-state index in [1.54, 1.807) is 12.1 Å². The standard InChI is InChI=1S/C11H14N2O4/c1-17-11(16)7-2-4-8(5-3-7)13-10(15)9(12)6-14/h2-5,9,14H,6,12H2,1H3,(H,13,15). The van der Waals surface area contributed by atoms with E-state index in [4.69, 9.17) is 10.8 Å². The number of benzene rings is 1.